The Bertz CT molecular complexity index is 600. The third kappa shape index (κ3) is 3.85. The van der Waals surface area contributed by atoms with E-state index in [1.807, 2.05) is 12.1 Å². The number of hydrogen-bond acceptors (Lipinski definition) is 3. The molecule has 1 aliphatic carbocycles. The zero-order chi connectivity index (χ0) is 16.4. The summed E-state index contributed by atoms with van der Waals surface area (Å²) in [6.07, 6.45) is 5.06. The molecule has 3 N–H and O–H groups in total. The van der Waals surface area contributed by atoms with E-state index < -0.39 is 11.6 Å². The van der Waals surface area contributed by atoms with E-state index in [4.69, 9.17) is 17.3 Å². The Labute approximate surface area is 153 Å². The summed E-state index contributed by atoms with van der Waals surface area (Å²) in [7, 11) is 0. The van der Waals surface area contributed by atoms with Crippen LogP contribution in [0.1, 0.15) is 38.5 Å². The minimum Gasteiger partial charge on any atom is -0.343 e. The van der Waals surface area contributed by atoms with E-state index in [1.165, 1.54) is 0 Å². The Hall–Kier alpha value is -1.30. The van der Waals surface area contributed by atoms with Gasteiger partial charge in [-0.25, -0.2) is 0 Å². The normalized spacial score (nSPS) is 22.8. The molecule has 2 amide bonds. The van der Waals surface area contributed by atoms with Crippen LogP contribution in [0.15, 0.2) is 24.3 Å². The van der Waals surface area contributed by atoms with Gasteiger partial charge in [0.2, 0.25) is 11.8 Å². The summed E-state index contributed by atoms with van der Waals surface area (Å²) >= 11 is 5.88. The highest BCUT2D eigenvalue weighted by molar-refractivity contribution is 6.30. The molecule has 5 nitrogen and oxygen atoms in total. The summed E-state index contributed by atoms with van der Waals surface area (Å²) < 4.78 is 0. The molecule has 2 aliphatic rings. The van der Waals surface area contributed by atoms with Crippen molar-refractivity contribution >= 4 is 41.5 Å². The summed E-state index contributed by atoms with van der Waals surface area (Å²) in [6, 6.07) is 6.66. The average molecular weight is 372 g/mol. The lowest BCUT2D eigenvalue weighted by Crippen LogP contribution is -2.58. The number of nitrogens with two attached hydrogens (primary N) is 1. The van der Waals surface area contributed by atoms with E-state index in [2.05, 4.69) is 5.32 Å². The molecule has 1 saturated heterocycles. The fourth-order valence-corrected chi connectivity index (χ4v) is 3.53. The van der Waals surface area contributed by atoms with E-state index in [1.54, 1.807) is 17.0 Å². The van der Waals surface area contributed by atoms with Crippen LogP contribution in [0.5, 0.6) is 0 Å². The SMILES string of the molecule is Cl.NC1(C(=O)NC2CCN(c3ccc(Cl)cc3)C2=O)CCCCC1. The molecule has 3 rings (SSSR count). The molecule has 1 aromatic carbocycles. The van der Waals surface area contributed by atoms with Crippen molar-refractivity contribution < 1.29 is 9.59 Å². The van der Waals surface area contributed by atoms with E-state index in [0.29, 0.717) is 30.8 Å². The molecular weight excluding hydrogens is 349 g/mol. The molecule has 1 atom stereocenters. The Morgan fingerprint density at radius 1 is 1.21 bits per heavy atom. The quantitative estimate of drug-likeness (QED) is 0.857. The molecule has 0 spiro atoms. The molecular formula is C17H23Cl2N3O2. The van der Waals surface area contributed by atoms with Crippen LogP contribution in [0.3, 0.4) is 0 Å². The van der Waals surface area contributed by atoms with Crippen molar-refractivity contribution in [2.45, 2.75) is 50.1 Å². The molecule has 24 heavy (non-hydrogen) atoms. The maximum Gasteiger partial charge on any atom is 0.249 e. The fourth-order valence-electron chi connectivity index (χ4n) is 3.40. The largest absolute Gasteiger partial charge is 0.343 e. The van der Waals surface area contributed by atoms with Gasteiger partial charge in [0.25, 0.3) is 0 Å². The zero-order valence-corrected chi connectivity index (χ0v) is 15.0. The molecule has 132 valence electrons. The van der Waals surface area contributed by atoms with Crippen LogP contribution in [0.25, 0.3) is 0 Å². The number of nitrogens with one attached hydrogen (secondary N) is 1. The van der Waals surface area contributed by atoms with Crippen molar-refractivity contribution in [2.75, 3.05) is 11.4 Å². The topological polar surface area (TPSA) is 75.4 Å². The molecule has 1 aliphatic heterocycles. The minimum atomic E-state index is -0.813. The Morgan fingerprint density at radius 3 is 2.46 bits per heavy atom. The van der Waals surface area contributed by atoms with Crippen molar-refractivity contribution in [1.82, 2.24) is 5.32 Å². The molecule has 1 saturated carbocycles. The standard InChI is InChI=1S/C17H22ClN3O2.ClH/c18-12-4-6-13(7-5-12)21-11-8-14(15(21)22)20-16(23)17(19)9-2-1-3-10-17;/h4-7,14H,1-3,8-11,19H2,(H,20,23);1H. The van der Waals surface area contributed by atoms with Crippen molar-refractivity contribution in [3.63, 3.8) is 0 Å². The lowest BCUT2D eigenvalue weighted by Gasteiger charge is -2.32. The van der Waals surface area contributed by atoms with Gasteiger partial charge in [-0.3, -0.25) is 9.59 Å². The van der Waals surface area contributed by atoms with Gasteiger partial charge in [0.1, 0.15) is 6.04 Å². The van der Waals surface area contributed by atoms with Gasteiger partial charge in [-0.2, -0.15) is 0 Å². The van der Waals surface area contributed by atoms with Crippen molar-refractivity contribution in [1.29, 1.82) is 0 Å². The highest BCUT2D eigenvalue weighted by atomic mass is 35.5. The molecule has 1 heterocycles. The van der Waals surface area contributed by atoms with Crippen LogP contribution in [-0.2, 0) is 9.59 Å². The number of carbonyl (C=O) groups excluding carboxylic acids is 2. The highest BCUT2D eigenvalue weighted by Crippen LogP contribution is 2.27. The number of rotatable bonds is 3. The predicted octanol–water partition coefficient (Wildman–Crippen LogP) is 2.64. The molecule has 1 unspecified atom stereocenters. The van der Waals surface area contributed by atoms with Crippen molar-refractivity contribution in [2.24, 2.45) is 5.73 Å². The predicted molar refractivity (Wildman–Crippen MR) is 97.6 cm³/mol. The summed E-state index contributed by atoms with van der Waals surface area (Å²) in [6.45, 7) is 0.586. The summed E-state index contributed by atoms with van der Waals surface area (Å²) in [4.78, 5) is 26.7. The average Bonchev–Trinajstić information content (AvgIpc) is 2.90. The molecule has 0 radical (unpaired) electrons. The van der Waals surface area contributed by atoms with Gasteiger partial charge < -0.3 is 16.0 Å². The van der Waals surface area contributed by atoms with Crippen LogP contribution in [0.4, 0.5) is 5.69 Å². The Balaban J connectivity index is 0.00000208. The maximum atomic E-state index is 12.6. The van der Waals surface area contributed by atoms with Gasteiger partial charge >= 0.3 is 0 Å². The first kappa shape index (κ1) is 19.0. The van der Waals surface area contributed by atoms with Crippen LogP contribution in [0, 0.1) is 0 Å². The number of hydrogen-bond donors (Lipinski definition) is 2. The van der Waals surface area contributed by atoms with Gasteiger partial charge in [0.05, 0.1) is 5.54 Å². The minimum absolute atomic E-state index is 0. The first-order valence-electron chi connectivity index (χ1n) is 8.16. The summed E-state index contributed by atoms with van der Waals surface area (Å²) in [5, 5.41) is 3.50. The van der Waals surface area contributed by atoms with Gasteiger partial charge in [0, 0.05) is 17.3 Å². The number of benzene rings is 1. The third-order valence-corrected chi connectivity index (χ3v) is 5.10. The number of anilines is 1. The summed E-state index contributed by atoms with van der Waals surface area (Å²) in [5.41, 5.74) is 6.23. The first-order valence-corrected chi connectivity index (χ1v) is 8.54. The lowest BCUT2D eigenvalue weighted by atomic mass is 9.81. The summed E-state index contributed by atoms with van der Waals surface area (Å²) in [5.74, 6) is -0.270. The Kier molecular flexibility index (Phi) is 6.12. The van der Waals surface area contributed by atoms with Crippen LogP contribution >= 0.6 is 24.0 Å². The maximum absolute atomic E-state index is 12.6. The van der Waals surface area contributed by atoms with E-state index in [-0.39, 0.29) is 24.2 Å². The smallest absolute Gasteiger partial charge is 0.249 e. The fraction of sp³-hybridized carbons (Fsp3) is 0.529. The third-order valence-electron chi connectivity index (χ3n) is 4.85. The van der Waals surface area contributed by atoms with Crippen LogP contribution < -0.4 is 16.0 Å². The second-order valence-electron chi connectivity index (χ2n) is 6.50. The highest BCUT2D eigenvalue weighted by Gasteiger charge is 2.40. The second kappa shape index (κ2) is 7.72. The van der Waals surface area contributed by atoms with Gasteiger partial charge in [-0.05, 0) is 43.5 Å². The van der Waals surface area contributed by atoms with Crippen molar-refractivity contribution in [3.05, 3.63) is 29.3 Å². The van der Waals surface area contributed by atoms with E-state index in [0.717, 1.165) is 24.9 Å². The number of halogens is 2. The Morgan fingerprint density at radius 2 is 1.83 bits per heavy atom. The second-order valence-corrected chi connectivity index (χ2v) is 6.93. The molecule has 2 fully saturated rings. The van der Waals surface area contributed by atoms with Crippen LogP contribution in [0.2, 0.25) is 5.02 Å². The van der Waals surface area contributed by atoms with Gasteiger partial charge in [-0.1, -0.05) is 30.9 Å². The van der Waals surface area contributed by atoms with Gasteiger partial charge in [-0.15, -0.1) is 12.4 Å². The molecule has 1 aromatic rings. The monoisotopic (exact) mass is 371 g/mol. The number of nitrogens with zero attached hydrogens (tertiary/aromatic N) is 1. The molecule has 0 aromatic heterocycles. The van der Waals surface area contributed by atoms with Crippen LogP contribution in [-0.4, -0.2) is 29.9 Å². The van der Waals surface area contributed by atoms with E-state index >= 15 is 0 Å². The first-order chi connectivity index (χ1) is 11.0. The zero-order valence-electron chi connectivity index (χ0n) is 13.5. The lowest BCUT2D eigenvalue weighted by molar-refractivity contribution is -0.131. The van der Waals surface area contributed by atoms with Gasteiger partial charge in [0.15, 0.2) is 0 Å². The number of amides is 2. The molecule has 7 heteroatoms. The molecule has 0 bridgehead atoms. The van der Waals surface area contributed by atoms with Crippen molar-refractivity contribution in [3.8, 4) is 0 Å². The number of carbonyl (C=O) groups is 2. The van der Waals surface area contributed by atoms with E-state index in [9.17, 15) is 9.59 Å².